The van der Waals surface area contributed by atoms with Crippen LogP contribution in [-0.4, -0.2) is 38.1 Å². The molecule has 0 radical (unpaired) electrons. The maximum atomic E-state index is 12.0. The zero-order valence-corrected chi connectivity index (χ0v) is 11.7. The molecule has 6 nitrogen and oxygen atoms in total. The number of fused-ring (bicyclic) bond motifs is 1. The van der Waals surface area contributed by atoms with Gasteiger partial charge in [0.05, 0.1) is 13.0 Å². The second-order valence-electron chi connectivity index (χ2n) is 4.97. The number of ether oxygens (including phenoxy) is 1. The Labute approximate surface area is 117 Å². The third-order valence-electron chi connectivity index (χ3n) is 3.16. The lowest BCUT2D eigenvalue weighted by Crippen LogP contribution is -2.43. The minimum Gasteiger partial charge on any atom is -0.399 e. The Morgan fingerprint density at radius 2 is 2.30 bits per heavy atom. The summed E-state index contributed by atoms with van der Waals surface area (Å²) in [6.07, 6.45) is 0.293. The number of hydrogen-bond acceptors (Lipinski definition) is 4. The number of carbonyl (C=O) groups excluding carboxylic acids is 2. The van der Waals surface area contributed by atoms with E-state index in [1.54, 1.807) is 25.3 Å². The molecule has 0 fully saturated rings. The molecule has 2 amide bonds. The van der Waals surface area contributed by atoms with Crippen molar-refractivity contribution < 1.29 is 14.3 Å². The van der Waals surface area contributed by atoms with Crippen LogP contribution in [0.5, 0.6) is 0 Å². The lowest BCUT2D eigenvalue weighted by atomic mass is 10.1. The summed E-state index contributed by atoms with van der Waals surface area (Å²) >= 11 is 0. The zero-order chi connectivity index (χ0) is 14.7. The van der Waals surface area contributed by atoms with Crippen molar-refractivity contribution in [2.24, 2.45) is 0 Å². The topological polar surface area (TPSA) is 84.7 Å². The van der Waals surface area contributed by atoms with Gasteiger partial charge in [-0.1, -0.05) is 0 Å². The lowest BCUT2D eigenvalue weighted by molar-refractivity contribution is -0.123. The monoisotopic (exact) mass is 277 g/mol. The largest absolute Gasteiger partial charge is 0.399 e. The first-order chi connectivity index (χ1) is 9.51. The first-order valence-electron chi connectivity index (χ1n) is 6.48. The number of nitrogen functional groups attached to an aromatic ring is 1. The third-order valence-corrected chi connectivity index (χ3v) is 3.16. The Balaban J connectivity index is 2.04. The molecule has 1 aliphatic heterocycles. The molecule has 0 saturated heterocycles. The predicted molar refractivity (Wildman–Crippen MR) is 76.4 cm³/mol. The molecule has 0 saturated carbocycles. The summed E-state index contributed by atoms with van der Waals surface area (Å²) in [6.45, 7) is 2.30. The molecule has 1 aliphatic rings. The Morgan fingerprint density at radius 1 is 1.55 bits per heavy atom. The number of benzene rings is 1. The molecule has 1 unspecified atom stereocenters. The molecule has 6 heteroatoms. The average molecular weight is 277 g/mol. The highest BCUT2D eigenvalue weighted by Gasteiger charge is 2.29. The van der Waals surface area contributed by atoms with E-state index in [1.165, 1.54) is 4.90 Å². The molecule has 0 bridgehead atoms. The van der Waals surface area contributed by atoms with Crippen LogP contribution in [0.25, 0.3) is 0 Å². The van der Waals surface area contributed by atoms with Crippen LogP contribution in [0.2, 0.25) is 0 Å². The van der Waals surface area contributed by atoms with Gasteiger partial charge < -0.3 is 20.7 Å². The molecule has 3 N–H and O–H groups in total. The number of nitrogens with zero attached hydrogens (tertiary/aromatic N) is 1. The number of carbonyl (C=O) groups is 2. The van der Waals surface area contributed by atoms with Crippen LogP contribution in [0.1, 0.15) is 12.5 Å². The van der Waals surface area contributed by atoms with Gasteiger partial charge in [0.2, 0.25) is 11.8 Å². The standard InChI is InChI=1S/C14H19N3O3/c1-9(8-20-2)16-13(18)7-17-12-4-3-11(15)5-10(12)6-14(17)19/h3-5,9H,6-8,15H2,1-2H3,(H,16,18). The van der Waals surface area contributed by atoms with Gasteiger partial charge in [0.25, 0.3) is 0 Å². The molecule has 20 heavy (non-hydrogen) atoms. The van der Waals surface area contributed by atoms with E-state index in [-0.39, 0.29) is 24.4 Å². The Bertz CT molecular complexity index is 530. The van der Waals surface area contributed by atoms with E-state index in [0.29, 0.717) is 18.7 Å². The molecule has 0 aromatic heterocycles. The lowest BCUT2D eigenvalue weighted by Gasteiger charge is -2.19. The van der Waals surface area contributed by atoms with E-state index in [9.17, 15) is 9.59 Å². The van der Waals surface area contributed by atoms with Gasteiger partial charge in [-0.2, -0.15) is 0 Å². The van der Waals surface area contributed by atoms with Gasteiger partial charge in [-0.3, -0.25) is 9.59 Å². The molecule has 1 heterocycles. The Hall–Kier alpha value is -2.08. The fraction of sp³-hybridized carbons (Fsp3) is 0.429. The maximum absolute atomic E-state index is 12.0. The molecule has 1 atom stereocenters. The van der Waals surface area contributed by atoms with E-state index < -0.39 is 0 Å². The van der Waals surface area contributed by atoms with Crippen molar-refractivity contribution in [3.05, 3.63) is 23.8 Å². The highest BCUT2D eigenvalue weighted by molar-refractivity contribution is 6.05. The molecular weight excluding hydrogens is 258 g/mol. The second-order valence-corrected chi connectivity index (χ2v) is 4.97. The van der Waals surface area contributed by atoms with Crippen molar-refractivity contribution in [1.82, 2.24) is 5.32 Å². The van der Waals surface area contributed by atoms with Crippen LogP contribution in [0.4, 0.5) is 11.4 Å². The summed E-state index contributed by atoms with van der Waals surface area (Å²) in [7, 11) is 1.58. The van der Waals surface area contributed by atoms with Gasteiger partial charge in [-0.05, 0) is 30.7 Å². The summed E-state index contributed by atoms with van der Waals surface area (Å²) in [4.78, 5) is 25.4. The van der Waals surface area contributed by atoms with E-state index in [2.05, 4.69) is 5.32 Å². The number of nitrogens with one attached hydrogen (secondary N) is 1. The van der Waals surface area contributed by atoms with Crippen LogP contribution < -0.4 is 16.0 Å². The number of anilines is 2. The van der Waals surface area contributed by atoms with Gasteiger partial charge in [0.15, 0.2) is 0 Å². The van der Waals surface area contributed by atoms with Crippen molar-refractivity contribution in [1.29, 1.82) is 0 Å². The minimum atomic E-state index is -0.201. The normalized spacial score (nSPS) is 15.1. The first-order valence-corrected chi connectivity index (χ1v) is 6.48. The Morgan fingerprint density at radius 3 is 3.00 bits per heavy atom. The number of methoxy groups -OCH3 is 1. The van der Waals surface area contributed by atoms with Gasteiger partial charge in [-0.25, -0.2) is 0 Å². The predicted octanol–water partition coefficient (Wildman–Crippen LogP) is 0.309. The van der Waals surface area contributed by atoms with Crippen LogP contribution in [0, 0.1) is 0 Å². The SMILES string of the molecule is COCC(C)NC(=O)CN1C(=O)Cc2cc(N)ccc21. The number of nitrogens with two attached hydrogens (primary N) is 1. The smallest absolute Gasteiger partial charge is 0.240 e. The Kier molecular flexibility index (Phi) is 4.24. The van der Waals surface area contributed by atoms with E-state index in [1.807, 2.05) is 6.92 Å². The van der Waals surface area contributed by atoms with Crippen LogP contribution in [0.15, 0.2) is 18.2 Å². The molecular formula is C14H19N3O3. The summed E-state index contributed by atoms with van der Waals surface area (Å²) in [5.74, 6) is -0.285. The molecule has 0 aliphatic carbocycles. The van der Waals surface area contributed by atoms with E-state index in [0.717, 1.165) is 11.3 Å². The molecule has 1 aromatic rings. The number of rotatable bonds is 5. The van der Waals surface area contributed by atoms with Gasteiger partial charge in [0, 0.05) is 24.5 Å². The van der Waals surface area contributed by atoms with Crippen molar-refractivity contribution in [3.63, 3.8) is 0 Å². The molecule has 0 spiro atoms. The van der Waals surface area contributed by atoms with Gasteiger partial charge in [0.1, 0.15) is 6.54 Å². The van der Waals surface area contributed by atoms with Crippen molar-refractivity contribution in [2.75, 3.05) is 30.9 Å². The van der Waals surface area contributed by atoms with Gasteiger partial charge in [-0.15, -0.1) is 0 Å². The summed E-state index contributed by atoms with van der Waals surface area (Å²) in [6, 6.07) is 5.20. The van der Waals surface area contributed by atoms with E-state index in [4.69, 9.17) is 10.5 Å². The van der Waals surface area contributed by atoms with Crippen LogP contribution in [0.3, 0.4) is 0 Å². The quantitative estimate of drug-likeness (QED) is 0.759. The summed E-state index contributed by atoms with van der Waals surface area (Å²) in [5, 5.41) is 2.79. The molecule has 2 rings (SSSR count). The van der Waals surface area contributed by atoms with Crippen LogP contribution >= 0.6 is 0 Å². The van der Waals surface area contributed by atoms with Gasteiger partial charge >= 0.3 is 0 Å². The van der Waals surface area contributed by atoms with E-state index >= 15 is 0 Å². The van der Waals surface area contributed by atoms with Crippen molar-refractivity contribution >= 4 is 23.2 Å². The second kappa shape index (κ2) is 5.92. The van der Waals surface area contributed by atoms with Crippen molar-refractivity contribution in [2.45, 2.75) is 19.4 Å². The fourth-order valence-corrected chi connectivity index (χ4v) is 2.33. The summed E-state index contributed by atoms with van der Waals surface area (Å²) < 4.78 is 4.96. The zero-order valence-electron chi connectivity index (χ0n) is 11.7. The fourth-order valence-electron chi connectivity index (χ4n) is 2.33. The number of hydrogen-bond donors (Lipinski definition) is 2. The minimum absolute atomic E-state index is 0.0177. The maximum Gasteiger partial charge on any atom is 0.240 e. The van der Waals surface area contributed by atoms with Crippen LogP contribution in [-0.2, 0) is 20.7 Å². The average Bonchev–Trinajstić information content (AvgIpc) is 2.65. The highest BCUT2D eigenvalue weighted by atomic mass is 16.5. The number of amides is 2. The summed E-state index contributed by atoms with van der Waals surface area (Å²) in [5.41, 5.74) is 7.95. The van der Waals surface area contributed by atoms with Crippen molar-refractivity contribution in [3.8, 4) is 0 Å². The first kappa shape index (κ1) is 14.3. The molecule has 108 valence electrons. The highest BCUT2D eigenvalue weighted by Crippen LogP contribution is 2.30. The third kappa shape index (κ3) is 3.08. The molecule has 1 aromatic carbocycles.